The van der Waals surface area contributed by atoms with Crippen molar-refractivity contribution in [1.29, 1.82) is 0 Å². The van der Waals surface area contributed by atoms with Crippen LogP contribution in [0.25, 0.3) is 11.4 Å². The molecule has 142 valence electrons. The number of benzene rings is 2. The molecule has 5 heteroatoms. The third kappa shape index (κ3) is 4.36. The quantitative estimate of drug-likeness (QED) is 0.564. The van der Waals surface area contributed by atoms with Crippen LogP contribution in [0, 0.1) is 0 Å². The fraction of sp³-hybridized carbons (Fsp3) is 0.261. The first-order valence-electron chi connectivity index (χ1n) is 9.76. The molecule has 1 aliphatic carbocycles. The summed E-state index contributed by atoms with van der Waals surface area (Å²) in [5.41, 5.74) is 2.56. The van der Waals surface area contributed by atoms with Gasteiger partial charge in [-0.15, -0.1) is 0 Å². The molecule has 4 rings (SSSR count). The van der Waals surface area contributed by atoms with Crippen molar-refractivity contribution in [2.75, 3.05) is 10.6 Å². The van der Waals surface area contributed by atoms with E-state index in [0.29, 0.717) is 17.4 Å². The van der Waals surface area contributed by atoms with Crippen molar-refractivity contribution in [1.82, 2.24) is 9.97 Å². The Morgan fingerprint density at radius 1 is 0.929 bits per heavy atom. The van der Waals surface area contributed by atoms with E-state index >= 15 is 0 Å². The van der Waals surface area contributed by atoms with Crippen molar-refractivity contribution >= 4 is 23.1 Å². The number of carbonyl (C=O) groups is 1. The van der Waals surface area contributed by atoms with Gasteiger partial charge in [-0.3, -0.25) is 4.79 Å². The van der Waals surface area contributed by atoms with Crippen LogP contribution in [0.2, 0.25) is 0 Å². The van der Waals surface area contributed by atoms with Crippen molar-refractivity contribution in [3.63, 3.8) is 0 Å². The average molecular weight is 372 g/mol. The van der Waals surface area contributed by atoms with Gasteiger partial charge in [-0.05, 0) is 44.0 Å². The van der Waals surface area contributed by atoms with Crippen LogP contribution < -0.4 is 10.6 Å². The van der Waals surface area contributed by atoms with E-state index in [4.69, 9.17) is 9.97 Å². The molecule has 0 aliphatic heterocycles. The zero-order valence-electron chi connectivity index (χ0n) is 16.0. The highest BCUT2D eigenvalue weighted by Crippen LogP contribution is 2.26. The largest absolute Gasteiger partial charge is 0.367 e. The molecule has 0 atom stereocenters. The smallest absolute Gasteiger partial charge is 0.163 e. The summed E-state index contributed by atoms with van der Waals surface area (Å²) in [5, 5.41) is 6.91. The van der Waals surface area contributed by atoms with Crippen LogP contribution in [-0.2, 0) is 0 Å². The number of aromatic nitrogens is 2. The van der Waals surface area contributed by atoms with Crippen LogP contribution in [-0.4, -0.2) is 21.8 Å². The van der Waals surface area contributed by atoms with Gasteiger partial charge in [-0.25, -0.2) is 9.97 Å². The second-order valence-electron chi connectivity index (χ2n) is 7.21. The fourth-order valence-corrected chi connectivity index (χ4v) is 3.52. The van der Waals surface area contributed by atoms with Crippen molar-refractivity contribution in [3.05, 3.63) is 66.2 Å². The van der Waals surface area contributed by atoms with Gasteiger partial charge in [0.15, 0.2) is 11.6 Å². The first-order chi connectivity index (χ1) is 13.7. The predicted molar refractivity (Wildman–Crippen MR) is 113 cm³/mol. The van der Waals surface area contributed by atoms with Crippen molar-refractivity contribution < 1.29 is 4.79 Å². The van der Waals surface area contributed by atoms with Gasteiger partial charge in [0.2, 0.25) is 0 Å². The molecule has 3 aromatic rings. The van der Waals surface area contributed by atoms with Crippen LogP contribution in [0.1, 0.15) is 43.0 Å². The van der Waals surface area contributed by atoms with Crippen molar-refractivity contribution in [2.45, 2.75) is 38.6 Å². The molecule has 1 aromatic heterocycles. The maximum absolute atomic E-state index is 11.5. The Morgan fingerprint density at radius 3 is 2.29 bits per heavy atom. The maximum Gasteiger partial charge on any atom is 0.163 e. The Labute approximate surface area is 165 Å². The Hall–Kier alpha value is -3.21. The van der Waals surface area contributed by atoms with Crippen LogP contribution in [0.5, 0.6) is 0 Å². The number of nitrogens with one attached hydrogen (secondary N) is 2. The molecular formula is C23H24N4O. The second kappa shape index (κ2) is 8.21. The summed E-state index contributed by atoms with van der Waals surface area (Å²) in [6.45, 7) is 1.57. The van der Waals surface area contributed by atoms with Crippen molar-refractivity contribution in [2.24, 2.45) is 0 Å². The van der Waals surface area contributed by atoms with Gasteiger partial charge >= 0.3 is 0 Å². The molecule has 1 fully saturated rings. The standard InChI is InChI=1S/C23H24N4O/c1-16(28)17-11-13-20(14-12-17)25-22-15-21(24-19-9-5-6-10-19)26-23(27-22)18-7-3-2-4-8-18/h2-4,7-8,11-15,19H,5-6,9-10H2,1H3,(H2,24,25,26,27). The second-order valence-corrected chi connectivity index (χ2v) is 7.21. The Balaban J connectivity index is 1.63. The van der Waals surface area contributed by atoms with E-state index in [9.17, 15) is 4.79 Å². The lowest BCUT2D eigenvalue weighted by Gasteiger charge is -2.15. The Bertz CT molecular complexity index is 948. The fourth-order valence-electron chi connectivity index (χ4n) is 3.52. The molecule has 0 unspecified atom stereocenters. The normalized spacial score (nSPS) is 14.0. The van der Waals surface area contributed by atoms with E-state index in [-0.39, 0.29) is 5.78 Å². The molecule has 0 amide bonds. The summed E-state index contributed by atoms with van der Waals surface area (Å²) in [7, 11) is 0. The van der Waals surface area contributed by atoms with E-state index in [1.165, 1.54) is 25.7 Å². The van der Waals surface area contributed by atoms with Gasteiger partial charge in [-0.2, -0.15) is 0 Å². The molecule has 1 saturated carbocycles. The van der Waals surface area contributed by atoms with Gasteiger partial charge in [0.25, 0.3) is 0 Å². The molecule has 2 aromatic carbocycles. The van der Waals surface area contributed by atoms with Gasteiger partial charge < -0.3 is 10.6 Å². The maximum atomic E-state index is 11.5. The highest BCUT2D eigenvalue weighted by atomic mass is 16.1. The minimum Gasteiger partial charge on any atom is -0.367 e. The number of nitrogens with zero attached hydrogens (tertiary/aromatic N) is 2. The minimum absolute atomic E-state index is 0.0583. The minimum atomic E-state index is 0.0583. The lowest BCUT2D eigenvalue weighted by molar-refractivity contribution is 0.101. The number of Topliss-reactive ketones (excluding diaryl/α,β-unsaturated/α-hetero) is 1. The molecule has 1 aliphatic rings. The van der Waals surface area contributed by atoms with E-state index in [0.717, 1.165) is 22.9 Å². The lowest BCUT2D eigenvalue weighted by Crippen LogP contribution is -2.16. The van der Waals surface area contributed by atoms with Gasteiger partial charge in [0.05, 0.1) is 0 Å². The van der Waals surface area contributed by atoms with Crippen molar-refractivity contribution in [3.8, 4) is 11.4 Å². The first-order valence-corrected chi connectivity index (χ1v) is 9.76. The summed E-state index contributed by atoms with van der Waals surface area (Å²) in [6, 6.07) is 19.8. The third-order valence-electron chi connectivity index (χ3n) is 5.03. The van der Waals surface area contributed by atoms with Gasteiger partial charge in [0.1, 0.15) is 11.6 Å². The van der Waals surface area contributed by atoms with Gasteiger partial charge in [0, 0.05) is 28.9 Å². The molecule has 0 radical (unpaired) electrons. The van der Waals surface area contributed by atoms with E-state index in [1.54, 1.807) is 6.92 Å². The highest BCUT2D eigenvalue weighted by molar-refractivity contribution is 5.94. The first kappa shape index (κ1) is 18.2. The van der Waals surface area contributed by atoms with Crippen LogP contribution >= 0.6 is 0 Å². The molecular weight excluding hydrogens is 348 g/mol. The zero-order valence-corrected chi connectivity index (χ0v) is 16.0. The summed E-state index contributed by atoms with van der Waals surface area (Å²) in [6.07, 6.45) is 4.89. The third-order valence-corrected chi connectivity index (χ3v) is 5.03. The Kier molecular flexibility index (Phi) is 5.33. The number of anilines is 3. The number of carbonyl (C=O) groups excluding carboxylic acids is 1. The monoisotopic (exact) mass is 372 g/mol. The topological polar surface area (TPSA) is 66.9 Å². The Morgan fingerprint density at radius 2 is 1.61 bits per heavy atom. The SMILES string of the molecule is CC(=O)c1ccc(Nc2cc(NC3CCCC3)nc(-c3ccccc3)n2)cc1. The number of hydrogen-bond donors (Lipinski definition) is 2. The number of rotatable bonds is 6. The lowest BCUT2D eigenvalue weighted by atomic mass is 10.1. The van der Waals surface area contributed by atoms with Crippen LogP contribution in [0.4, 0.5) is 17.3 Å². The average Bonchev–Trinajstić information content (AvgIpc) is 3.22. The number of ketones is 1. The molecule has 0 saturated heterocycles. The summed E-state index contributed by atoms with van der Waals surface area (Å²) >= 11 is 0. The van der Waals surface area contributed by atoms with E-state index < -0.39 is 0 Å². The number of hydrogen-bond acceptors (Lipinski definition) is 5. The molecule has 28 heavy (non-hydrogen) atoms. The summed E-state index contributed by atoms with van der Waals surface area (Å²) in [4.78, 5) is 20.9. The summed E-state index contributed by atoms with van der Waals surface area (Å²) < 4.78 is 0. The van der Waals surface area contributed by atoms with Gasteiger partial charge in [-0.1, -0.05) is 43.2 Å². The summed E-state index contributed by atoms with van der Waals surface area (Å²) in [5.74, 6) is 2.31. The van der Waals surface area contributed by atoms with Crippen LogP contribution in [0.15, 0.2) is 60.7 Å². The molecule has 0 spiro atoms. The van der Waals surface area contributed by atoms with E-state index in [2.05, 4.69) is 10.6 Å². The molecule has 0 bridgehead atoms. The predicted octanol–water partition coefficient (Wildman–Crippen LogP) is 5.44. The molecule has 5 nitrogen and oxygen atoms in total. The molecule has 2 N–H and O–H groups in total. The highest BCUT2D eigenvalue weighted by Gasteiger charge is 2.16. The molecule has 1 heterocycles. The van der Waals surface area contributed by atoms with Crippen LogP contribution in [0.3, 0.4) is 0 Å². The van der Waals surface area contributed by atoms with E-state index in [1.807, 2.05) is 60.7 Å². The zero-order chi connectivity index (χ0) is 19.3.